The van der Waals surface area contributed by atoms with Crippen molar-refractivity contribution in [3.63, 3.8) is 0 Å². The summed E-state index contributed by atoms with van der Waals surface area (Å²) in [6.07, 6.45) is 0. The van der Waals surface area contributed by atoms with Gasteiger partial charge in [-0.15, -0.1) is 0 Å². The van der Waals surface area contributed by atoms with Crippen molar-refractivity contribution < 1.29 is 4.79 Å². The highest BCUT2D eigenvalue weighted by atomic mass is 16.2. The van der Waals surface area contributed by atoms with Crippen LogP contribution in [0.5, 0.6) is 0 Å². The van der Waals surface area contributed by atoms with Crippen molar-refractivity contribution in [2.24, 2.45) is 4.99 Å². The van der Waals surface area contributed by atoms with Crippen LogP contribution < -0.4 is 0 Å². The molecule has 15 heavy (non-hydrogen) atoms. The number of nitrogens with zero attached hydrogens (tertiary/aromatic N) is 2. The third-order valence-corrected chi connectivity index (χ3v) is 2.74. The first-order valence-electron chi connectivity index (χ1n) is 5.18. The second kappa shape index (κ2) is 3.85. The zero-order chi connectivity index (χ0) is 10.8. The fourth-order valence-corrected chi connectivity index (χ4v) is 1.90. The molecule has 1 aliphatic rings. The molecule has 0 unspecified atom stereocenters. The Labute approximate surface area is 89.4 Å². The van der Waals surface area contributed by atoms with Crippen LogP contribution in [-0.4, -0.2) is 29.2 Å². The van der Waals surface area contributed by atoms with Crippen LogP contribution in [0.3, 0.4) is 0 Å². The lowest BCUT2D eigenvalue weighted by Gasteiger charge is -2.19. The smallest absolute Gasteiger partial charge is 0.315 e. The van der Waals surface area contributed by atoms with E-state index in [4.69, 9.17) is 0 Å². The number of hydrogen-bond donors (Lipinski definition) is 0. The molecule has 0 aliphatic carbocycles. The number of carbonyl (C=O) groups excluding carboxylic acids is 1. The van der Waals surface area contributed by atoms with Crippen LogP contribution >= 0.6 is 0 Å². The summed E-state index contributed by atoms with van der Waals surface area (Å²) in [7, 11) is 0. The molecule has 3 nitrogen and oxygen atoms in total. The molecule has 0 radical (unpaired) electrons. The molecule has 1 aromatic rings. The molecule has 1 atom stereocenters. The number of urea groups is 1. The van der Waals surface area contributed by atoms with Gasteiger partial charge in [0.2, 0.25) is 0 Å². The molecule has 0 N–H and O–H groups in total. The normalized spacial score (nSPS) is 20.7. The topological polar surface area (TPSA) is 32.7 Å². The van der Waals surface area contributed by atoms with Crippen molar-refractivity contribution in [2.75, 3.05) is 6.54 Å². The summed E-state index contributed by atoms with van der Waals surface area (Å²) in [5.41, 5.74) is 1.91. The predicted octanol–water partition coefficient (Wildman–Crippen LogP) is 2.32. The first-order chi connectivity index (χ1) is 7.24. The molecule has 0 saturated heterocycles. The lowest BCUT2D eigenvalue weighted by atomic mass is 10.0. The molecule has 2 rings (SSSR count). The third kappa shape index (κ3) is 1.65. The van der Waals surface area contributed by atoms with Crippen LogP contribution in [0.4, 0.5) is 4.79 Å². The van der Waals surface area contributed by atoms with Crippen LogP contribution in [-0.2, 0) is 0 Å². The molecule has 0 bridgehead atoms. The quantitative estimate of drug-likeness (QED) is 0.724. The van der Waals surface area contributed by atoms with E-state index in [1.54, 1.807) is 4.90 Å². The molecule has 0 spiro atoms. The van der Waals surface area contributed by atoms with E-state index in [9.17, 15) is 4.79 Å². The first-order valence-corrected chi connectivity index (χ1v) is 5.18. The van der Waals surface area contributed by atoms with Crippen molar-refractivity contribution in [3.05, 3.63) is 35.9 Å². The minimum absolute atomic E-state index is 0.0879. The maximum absolute atomic E-state index is 11.5. The van der Waals surface area contributed by atoms with Gasteiger partial charge < -0.3 is 4.90 Å². The molecule has 1 heterocycles. The second-order valence-electron chi connectivity index (χ2n) is 3.61. The molecule has 1 aromatic carbocycles. The fourth-order valence-electron chi connectivity index (χ4n) is 1.90. The zero-order valence-electron chi connectivity index (χ0n) is 8.97. The maximum atomic E-state index is 11.5. The van der Waals surface area contributed by atoms with Gasteiger partial charge in [-0.3, -0.25) is 0 Å². The van der Waals surface area contributed by atoms with Crippen molar-refractivity contribution >= 4 is 11.7 Å². The zero-order valence-corrected chi connectivity index (χ0v) is 8.97. The highest BCUT2D eigenvalue weighted by Crippen LogP contribution is 2.17. The fraction of sp³-hybridized carbons (Fsp3) is 0.333. The lowest BCUT2D eigenvalue weighted by molar-refractivity contribution is 0.212. The highest BCUT2D eigenvalue weighted by molar-refractivity contribution is 6.13. The summed E-state index contributed by atoms with van der Waals surface area (Å²) in [4.78, 5) is 17.4. The molecule has 0 fully saturated rings. The van der Waals surface area contributed by atoms with Gasteiger partial charge in [0.1, 0.15) is 0 Å². The van der Waals surface area contributed by atoms with Gasteiger partial charge in [-0.2, -0.15) is 4.99 Å². The van der Waals surface area contributed by atoms with Gasteiger partial charge in [0.15, 0.2) is 0 Å². The number of hydrogen-bond acceptors (Lipinski definition) is 1. The van der Waals surface area contributed by atoms with E-state index in [1.165, 1.54) is 0 Å². The van der Waals surface area contributed by atoms with Crippen LogP contribution in [0.2, 0.25) is 0 Å². The summed E-state index contributed by atoms with van der Waals surface area (Å²) < 4.78 is 0. The maximum Gasteiger partial charge on any atom is 0.344 e. The minimum atomic E-state index is -0.121. The Balaban J connectivity index is 2.33. The number of benzene rings is 1. The summed E-state index contributed by atoms with van der Waals surface area (Å²) in [5, 5.41) is 0. The van der Waals surface area contributed by atoms with E-state index >= 15 is 0 Å². The van der Waals surface area contributed by atoms with E-state index in [-0.39, 0.29) is 12.1 Å². The molecule has 78 valence electrons. The van der Waals surface area contributed by atoms with Crippen LogP contribution in [0.15, 0.2) is 35.3 Å². The monoisotopic (exact) mass is 202 g/mol. The number of likely N-dealkylation sites (N-methyl/N-ethyl adjacent to an activating group) is 1. The molecule has 1 aliphatic heterocycles. The van der Waals surface area contributed by atoms with E-state index in [0.29, 0.717) is 6.54 Å². The van der Waals surface area contributed by atoms with Gasteiger partial charge in [-0.05, 0) is 19.4 Å². The van der Waals surface area contributed by atoms with Gasteiger partial charge in [-0.25, -0.2) is 4.79 Å². The number of carbonyl (C=O) groups is 1. The Hall–Kier alpha value is -1.64. The van der Waals surface area contributed by atoms with Crippen molar-refractivity contribution in [3.8, 4) is 0 Å². The van der Waals surface area contributed by atoms with Gasteiger partial charge in [0.25, 0.3) is 0 Å². The Morgan fingerprint density at radius 2 is 2.00 bits per heavy atom. The lowest BCUT2D eigenvalue weighted by Crippen LogP contribution is -2.35. The van der Waals surface area contributed by atoms with Crippen molar-refractivity contribution in [2.45, 2.75) is 19.9 Å². The minimum Gasteiger partial charge on any atom is -0.315 e. The average molecular weight is 202 g/mol. The molecule has 3 heteroatoms. The number of aliphatic imine (C=N–C) groups is 1. The standard InChI is InChI=1S/C12H14N2O/c1-3-14-9(2)11(13-12(14)15)10-7-5-4-6-8-10/h4-9H,3H2,1-2H3/t9-/m1/s1. The number of rotatable bonds is 2. The predicted molar refractivity (Wildman–Crippen MR) is 60.2 cm³/mol. The largest absolute Gasteiger partial charge is 0.344 e. The van der Waals surface area contributed by atoms with E-state index in [0.717, 1.165) is 11.3 Å². The summed E-state index contributed by atoms with van der Waals surface area (Å²) in [6.45, 7) is 4.69. The Morgan fingerprint density at radius 1 is 1.33 bits per heavy atom. The van der Waals surface area contributed by atoms with E-state index in [1.807, 2.05) is 44.2 Å². The van der Waals surface area contributed by atoms with Crippen LogP contribution in [0.1, 0.15) is 19.4 Å². The summed E-state index contributed by atoms with van der Waals surface area (Å²) in [6, 6.07) is 9.83. The highest BCUT2D eigenvalue weighted by Gasteiger charge is 2.30. The van der Waals surface area contributed by atoms with Gasteiger partial charge >= 0.3 is 6.03 Å². The second-order valence-corrected chi connectivity index (χ2v) is 3.61. The van der Waals surface area contributed by atoms with Gasteiger partial charge in [-0.1, -0.05) is 30.3 Å². The first kappa shape index (κ1) is 9.90. The van der Waals surface area contributed by atoms with Crippen molar-refractivity contribution in [1.29, 1.82) is 0 Å². The van der Waals surface area contributed by atoms with Crippen LogP contribution in [0.25, 0.3) is 0 Å². The molecule has 0 saturated carbocycles. The summed E-state index contributed by atoms with van der Waals surface area (Å²) >= 11 is 0. The van der Waals surface area contributed by atoms with Gasteiger partial charge in [0, 0.05) is 6.54 Å². The van der Waals surface area contributed by atoms with E-state index < -0.39 is 0 Å². The Kier molecular flexibility index (Phi) is 2.54. The molecular weight excluding hydrogens is 188 g/mol. The molecule has 0 aromatic heterocycles. The molecular formula is C12H14N2O. The van der Waals surface area contributed by atoms with Crippen molar-refractivity contribution in [1.82, 2.24) is 4.90 Å². The summed E-state index contributed by atoms with van der Waals surface area (Å²) in [5.74, 6) is 0. The molecule has 2 amide bonds. The Bertz CT molecular complexity index is 397. The third-order valence-electron chi connectivity index (χ3n) is 2.74. The Morgan fingerprint density at radius 3 is 2.53 bits per heavy atom. The average Bonchev–Trinajstić information content (AvgIpc) is 2.55. The van der Waals surface area contributed by atoms with Crippen LogP contribution in [0, 0.1) is 0 Å². The number of amides is 2. The van der Waals surface area contributed by atoms with E-state index in [2.05, 4.69) is 4.99 Å². The van der Waals surface area contributed by atoms with Gasteiger partial charge in [0.05, 0.1) is 11.8 Å². The SMILES string of the molecule is CCN1C(=O)N=C(c2ccccc2)[C@H]1C.